The van der Waals surface area contributed by atoms with E-state index in [2.05, 4.69) is 16.7 Å². The minimum Gasteiger partial charge on any atom is -0.329 e. The van der Waals surface area contributed by atoms with Crippen LogP contribution in [0.4, 0.5) is 0 Å². The highest BCUT2D eigenvalue weighted by Gasteiger charge is 2.40. The van der Waals surface area contributed by atoms with Crippen molar-refractivity contribution in [2.75, 3.05) is 39.3 Å². The van der Waals surface area contributed by atoms with Crippen molar-refractivity contribution in [2.24, 2.45) is 23.5 Å². The molecule has 0 aromatic heterocycles. The van der Waals surface area contributed by atoms with Crippen molar-refractivity contribution >= 4 is 0 Å². The molecule has 3 nitrogen and oxygen atoms in total. The van der Waals surface area contributed by atoms with Gasteiger partial charge in [0.25, 0.3) is 0 Å². The van der Waals surface area contributed by atoms with E-state index in [1.807, 2.05) is 0 Å². The van der Waals surface area contributed by atoms with Gasteiger partial charge in [-0.3, -0.25) is 4.90 Å². The minimum absolute atomic E-state index is 0.629. The van der Waals surface area contributed by atoms with Gasteiger partial charge >= 0.3 is 0 Å². The Bertz CT molecular complexity index is 299. The second-order valence-corrected chi connectivity index (χ2v) is 7.45. The maximum Gasteiger partial charge on any atom is 0.0219 e. The van der Waals surface area contributed by atoms with Crippen LogP contribution in [-0.4, -0.2) is 55.1 Å². The Labute approximate surface area is 124 Å². The first-order valence-electron chi connectivity index (χ1n) is 8.96. The fourth-order valence-corrected chi connectivity index (χ4v) is 5.03. The summed E-state index contributed by atoms with van der Waals surface area (Å²) in [6.07, 6.45) is 8.67. The molecular weight excluding hydrogens is 246 g/mol. The van der Waals surface area contributed by atoms with Crippen LogP contribution in [0.5, 0.6) is 0 Å². The predicted octanol–water partition coefficient (Wildman–Crippen LogP) is 2.17. The topological polar surface area (TPSA) is 32.5 Å². The van der Waals surface area contributed by atoms with E-state index in [-0.39, 0.29) is 0 Å². The van der Waals surface area contributed by atoms with E-state index < -0.39 is 0 Å². The summed E-state index contributed by atoms with van der Waals surface area (Å²) < 4.78 is 0. The van der Waals surface area contributed by atoms with E-state index in [4.69, 9.17) is 5.73 Å². The van der Waals surface area contributed by atoms with Crippen molar-refractivity contribution in [3.05, 3.63) is 0 Å². The summed E-state index contributed by atoms with van der Waals surface area (Å²) in [7, 11) is 0. The van der Waals surface area contributed by atoms with Gasteiger partial charge in [-0.15, -0.1) is 0 Å². The number of nitrogens with zero attached hydrogens (tertiary/aromatic N) is 2. The van der Waals surface area contributed by atoms with Crippen LogP contribution in [0.15, 0.2) is 0 Å². The smallest absolute Gasteiger partial charge is 0.0219 e. The first-order valence-corrected chi connectivity index (χ1v) is 8.96. The van der Waals surface area contributed by atoms with Crippen LogP contribution < -0.4 is 5.73 Å². The average Bonchev–Trinajstić information content (AvgIpc) is 3.08. The van der Waals surface area contributed by atoms with Crippen molar-refractivity contribution in [3.8, 4) is 0 Å². The fraction of sp³-hybridized carbons (Fsp3) is 1.00. The third-order valence-electron chi connectivity index (χ3n) is 6.19. The van der Waals surface area contributed by atoms with Gasteiger partial charge in [0.05, 0.1) is 0 Å². The molecule has 2 bridgehead atoms. The molecule has 0 spiro atoms. The molecule has 0 aromatic carbocycles. The largest absolute Gasteiger partial charge is 0.329 e. The molecule has 1 heterocycles. The Morgan fingerprint density at radius 2 is 1.90 bits per heavy atom. The maximum atomic E-state index is 5.94. The van der Waals surface area contributed by atoms with E-state index in [9.17, 15) is 0 Å². The quantitative estimate of drug-likeness (QED) is 0.809. The van der Waals surface area contributed by atoms with Crippen molar-refractivity contribution in [2.45, 2.75) is 51.5 Å². The van der Waals surface area contributed by atoms with E-state index >= 15 is 0 Å². The van der Waals surface area contributed by atoms with E-state index in [1.165, 1.54) is 64.8 Å². The zero-order valence-corrected chi connectivity index (χ0v) is 13.3. The molecule has 2 saturated carbocycles. The molecule has 3 heteroatoms. The van der Waals surface area contributed by atoms with E-state index in [0.717, 1.165) is 24.3 Å². The lowest BCUT2D eigenvalue weighted by atomic mass is 9.88. The highest BCUT2D eigenvalue weighted by molar-refractivity contribution is 4.92. The fourth-order valence-electron chi connectivity index (χ4n) is 5.03. The van der Waals surface area contributed by atoms with Crippen LogP contribution in [0.2, 0.25) is 0 Å². The number of fused-ring (bicyclic) bond motifs is 2. The molecule has 0 amide bonds. The van der Waals surface area contributed by atoms with Crippen molar-refractivity contribution in [1.29, 1.82) is 0 Å². The molecule has 2 aliphatic carbocycles. The monoisotopic (exact) mass is 279 g/mol. The predicted molar refractivity (Wildman–Crippen MR) is 84.7 cm³/mol. The van der Waals surface area contributed by atoms with E-state index in [1.54, 1.807) is 6.42 Å². The lowest BCUT2D eigenvalue weighted by Gasteiger charge is -2.40. The molecule has 1 saturated heterocycles. The number of nitrogens with two attached hydrogens (primary N) is 1. The van der Waals surface area contributed by atoms with Crippen LogP contribution in [0.1, 0.15) is 45.4 Å². The lowest BCUT2D eigenvalue weighted by Crippen LogP contribution is -2.53. The van der Waals surface area contributed by atoms with Crippen LogP contribution in [-0.2, 0) is 0 Å². The van der Waals surface area contributed by atoms with Gasteiger partial charge in [0.1, 0.15) is 0 Å². The highest BCUT2D eigenvalue weighted by atomic mass is 15.3. The standard InChI is InChI=1S/C17H33N3/c1-2-3-17(12-18)20-8-6-19(7-9-20)13-16-11-14-4-5-15(16)10-14/h14-17H,2-13,18H2,1H3. The number of hydrogen-bond acceptors (Lipinski definition) is 3. The third-order valence-corrected chi connectivity index (χ3v) is 6.19. The molecule has 20 heavy (non-hydrogen) atoms. The Morgan fingerprint density at radius 3 is 2.45 bits per heavy atom. The third kappa shape index (κ3) is 3.20. The molecule has 0 aromatic rings. The summed E-state index contributed by atoms with van der Waals surface area (Å²) in [5.41, 5.74) is 5.94. The molecule has 4 atom stereocenters. The molecular formula is C17H33N3. The molecule has 4 unspecified atom stereocenters. The van der Waals surface area contributed by atoms with Gasteiger partial charge in [0, 0.05) is 45.3 Å². The normalized spacial score (nSPS) is 36.6. The highest BCUT2D eigenvalue weighted by Crippen LogP contribution is 2.48. The zero-order valence-electron chi connectivity index (χ0n) is 13.3. The van der Waals surface area contributed by atoms with Gasteiger partial charge in [-0.05, 0) is 43.4 Å². The summed E-state index contributed by atoms with van der Waals surface area (Å²) in [6, 6.07) is 0.629. The van der Waals surface area contributed by atoms with Gasteiger partial charge in [-0.25, -0.2) is 0 Å². The Kier molecular flexibility index (Phi) is 5.00. The van der Waals surface area contributed by atoms with Gasteiger partial charge in [-0.1, -0.05) is 19.8 Å². The Hall–Kier alpha value is -0.120. The molecule has 116 valence electrons. The summed E-state index contributed by atoms with van der Waals surface area (Å²) in [4.78, 5) is 5.38. The summed E-state index contributed by atoms with van der Waals surface area (Å²) in [5, 5.41) is 0. The average molecular weight is 279 g/mol. The first-order chi connectivity index (χ1) is 9.80. The Balaban J connectivity index is 1.42. The maximum absolute atomic E-state index is 5.94. The molecule has 1 aliphatic heterocycles. The molecule has 2 N–H and O–H groups in total. The first kappa shape index (κ1) is 14.8. The Morgan fingerprint density at radius 1 is 1.10 bits per heavy atom. The number of hydrogen-bond donors (Lipinski definition) is 1. The number of rotatable bonds is 6. The van der Waals surface area contributed by atoms with Crippen LogP contribution in [0.3, 0.4) is 0 Å². The zero-order chi connectivity index (χ0) is 13.9. The summed E-state index contributed by atoms with van der Waals surface area (Å²) >= 11 is 0. The van der Waals surface area contributed by atoms with Gasteiger partial charge in [0.15, 0.2) is 0 Å². The molecule has 3 rings (SSSR count). The summed E-state index contributed by atoms with van der Waals surface area (Å²) in [5.74, 6) is 3.20. The summed E-state index contributed by atoms with van der Waals surface area (Å²) in [6.45, 7) is 9.51. The molecule has 0 radical (unpaired) electrons. The van der Waals surface area contributed by atoms with Gasteiger partial charge < -0.3 is 10.6 Å². The van der Waals surface area contributed by atoms with Gasteiger partial charge in [0.2, 0.25) is 0 Å². The minimum atomic E-state index is 0.629. The van der Waals surface area contributed by atoms with Crippen LogP contribution >= 0.6 is 0 Å². The van der Waals surface area contributed by atoms with Crippen molar-refractivity contribution < 1.29 is 0 Å². The second kappa shape index (κ2) is 6.76. The molecule has 3 fully saturated rings. The van der Waals surface area contributed by atoms with Crippen LogP contribution in [0, 0.1) is 17.8 Å². The number of piperazine rings is 1. The van der Waals surface area contributed by atoms with Crippen molar-refractivity contribution in [1.82, 2.24) is 9.80 Å². The van der Waals surface area contributed by atoms with Crippen molar-refractivity contribution in [3.63, 3.8) is 0 Å². The lowest BCUT2D eigenvalue weighted by molar-refractivity contribution is 0.0773. The second-order valence-electron chi connectivity index (χ2n) is 7.45. The van der Waals surface area contributed by atoms with Gasteiger partial charge in [-0.2, -0.15) is 0 Å². The van der Waals surface area contributed by atoms with Crippen LogP contribution in [0.25, 0.3) is 0 Å². The molecule has 3 aliphatic rings. The SMILES string of the molecule is CCCC(CN)N1CCN(CC2CC3CCC2C3)CC1. The van der Waals surface area contributed by atoms with E-state index in [0.29, 0.717) is 6.04 Å².